The van der Waals surface area contributed by atoms with Gasteiger partial charge in [0.1, 0.15) is 11.5 Å². The summed E-state index contributed by atoms with van der Waals surface area (Å²) < 4.78 is 5.90. The van der Waals surface area contributed by atoms with Gasteiger partial charge >= 0.3 is 0 Å². The van der Waals surface area contributed by atoms with Gasteiger partial charge in [-0.15, -0.1) is 0 Å². The first-order chi connectivity index (χ1) is 26.7. The van der Waals surface area contributed by atoms with Gasteiger partial charge in [-0.25, -0.2) is 4.90 Å². The third-order valence-electron chi connectivity index (χ3n) is 12.9. The number of nitrogens with zero attached hydrogens (tertiary/aromatic N) is 3. The van der Waals surface area contributed by atoms with E-state index in [1.54, 1.807) is 41.3 Å². The highest BCUT2D eigenvalue weighted by molar-refractivity contribution is 6.32. The molecule has 9 rings (SSSR count). The van der Waals surface area contributed by atoms with Crippen molar-refractivity contribution >= 4 is 40.9 Å². The summed E-state index contributed by atoms with van der Waals surface area (Å²) in [4.78, 5) is 64.9. The van der Waals surface area contributed by atoms with E-state index in [1.165, 1.54) is 23.6 Å². The molecule has 1 N–H and O–H groups in total. The van der Waals surface area contributed by atoms with E-state index >= 15 is 9.59 Å². The molecule has 280 valence electrons. The van der Waals surface area contributed by atoms with Gasteiger partial charge in [-0.2, -0.15) is 0 Å². The lowest BCUT2D eigenvalue weighted by molar-refractivity contribution is -0.144. The number of aromatic hydroxyl groups is 1. The first-order valence-corrected chi connectivity index (χ1v) is 19.5. The molecule has 0 bridgehead atoms. The van der Waals surface area contributed by atoms with Gasteiger partial charge in [0.2, 0.25) is 23.6 Å². The van der Waals surface area contributed by atoms with Crippen molar-refractivity contribution in [1.82, 2.24) is 9.80 Å². The summed E-state index contributed by atoms with van der Waals surface area (Å²) >= 11 is 6.44. The fourth-order valence-corrected chi connectivity index (χ4v) is 10.8. The number of amides is 4. The van der Waals surface area contributed by atoms with Crippen LogP contribution in [0.3, 0.4) is 0 Å². The Bertz CT molecular complexity index is 2220. The summed E-state index contributed by atoms with van der Waals surface area (Å²) in [5.74, 6) is -4.08. The molecule has 2 aliphatic carbocycles. The van der Waals surface area contributed by atoms with Gasteiger partial charge in [0.05, 0.1) is 36.0 Å². The van der Waals surface area contributed by atoms with Gasteiger partial charge in [-0.1, -0.05) is 96.0 Å². The number of carbonyl (C=O) groups is 4. The number of piperidine rings is 1. The molecule has 4 fully saturated rings. The van der Waals surface area contributed by atoms with Crippen LogP contribution in [0.25, 0.3) is 0 Å². The van der Waals surface area contributed by atoms with Gasteiger partial charge in [0.15, 0.2) is 0 Å². The first-order valence-electron chi connectivity index (χ1n) is 19.1. The second-order valence-electron chi connectivity index (χ2n) is 15.6. The van der Waals surface area contributed by atoms with E-state index in [9.17, 15) is 14.7 Å². The van der Waals surface area contributed by atoms with E-state index in [1.807, 2.05) is 48.5 Å². The molecule has 0 radical (unpaired) electrons. The van der Waals surface area contributed by atoms with Gasteiger partial charge in [-0.05, 0) is 67.0 Å². The van der Waals surface area contributed by atoms with Crippen LogP contribution in [0.2, 0.25) is 5.02 Å². The Hall–Kier alpha value is -5.25. The molecule has 4 aromatic rings. The van der Waals surface area contributed by atoms with Gasteiger partial charge in [-0.3, -0.25) is 29.0 Å². The zero-order valence-corrected chi connectivity index (χ0v) is 31.3. The van der Waals surface area contributed by atoms with Crippen LogP contribution in [0.4, 0.5) is 5.69 Å². The summed E-state index contributed by atoms with van der Waals surface area (Å²) in [6.45, 7) is 2.38. The van der Waals surface area contributed by atoms with E-state index < -0.39 is 40.9 Å². The Morgan fingerprint density at radius 2 is 1.55 bits per heavy atom. The zero-order valence-electron chi connectivity index (χ0n) is 30.5. The zero-order chi connectivity index (χ0) is 38.0. The Labute approximate surface area is 325 Å². The van der Waals surface area contributed by atoms with E-state index in [0.717, 1.165) is 25.2 Å². The van der Waals surface area contributed by atoms with Gasteiger partial charge in [0, 0.05) is 48.2 Å². The molecular weight excluding hydrogens is 714 g/mol. The highest BCUT2D eigenvalue weighted by Gasteiger charge is 2.70. The van der Waals surface area contributed by atoms with Crippen molar-refractivity contribution in [2.75, 3.05) is 25.1 Å². The third kappa shape index (κ3) is 5.53. The minimum Gasteiger partial charge on any atom is -0.508 e. The van der Waals surface area contributed by atoms with E-state index in [2.05, 4.69) is 23.1 Å². The maximum absolute atomic E-state index is 15.5. The molecule has 4 aromatic carbocycles. The number of halogens is 1. The van der Waals surface area contributed by atoms with Crippen LogP contribution >= 0.6 is 11.6 Å². The van der Waals surface area contributed by atoms with Crippen LogP contribution in [-0.4, -0.2) is 64.8 Å². The first kappa shape index (κ1) is 35.5. The normalized spacial score (nSPS) is 28.2. The number of likely N-dealkylation sites (tertiary alicyclic amines) is 2. The number of carbonyl (C=O) groups excluding carboxylic acids is 4. The summed E-state index contributed by atoms with van der Waals surface area (Å²) in [6.07, 6.45) is 4.01. The average Bonchev–Trinajstić information content (AvgIpc) is 3.59. The second kappa shape index (κ2) is 13.8. The van der Waals surface area contributed by atoms with Crippen molar-refractivity contribution in [3.05, 3.63) is 136 Å². The van der Waals surface area contributed by atoms with E-state index in [0.29, 0.717) is 46.8 Å². The minimum absolute atomic E-state index is 0.00707. The smallest absolute Gasteiger partial charge is 0.246 e. The molecular formula is C45H42ClN3O6. The number of fused-ring (bicyclic) bond motifs is 4. The number of phenolic OH excluding ortho intramolecular Hbond substituents is 1. The summed E-state index contributed by atoms with van der Waals surface area (Å²) in [6, 6.07) is 31.1. The predicted molar refractivity (Wildman–Crippen MR) is 207 cm³/mol. The lowest BCUT2D eigenvalue weighted by Gasteiger charge is -2.51. The molecule has 3 heterocycles. The van der Waals surface area contributed by atoms with Crippen molar-refractivity contribution in [2.24, 2.45) is 23.7 Å². The number of anilines is 1. The van der Waals surface area contributed by atoms with Crippen molar-refractivity contribution < 1.29 is 29.0 Å². The van der Waals surface area contributed by atoms with Crippen molar-refractivity contribution in [1.29, 1.82) is 0 Å². The van der Waals surface area contributed by atoms with Crippen molar-refractivity contribution in [3.8, 4) is 11.5 Å². The molecule has 5 aliphatic rings. The van der Waals surface area contributed by atoms with Crippen LogP contribution in [0.5, 0.6) is 11.5 Å². The van der Waals surface area contributed by atoms with Gasteiger partial charge < -0.3 is 9.84 Å². The summed E-state index contributed by atoms with van der Waals surface area (Å²) in [7, 11) is 1.51. The number of methoxy groups -OCH3 is 1. The number of phenols is 1. The molecule has 9 nitrogen and oxygen atoms in total. The number of hydrogen-bond donors (Lipinski definition) is 1. The molecule has 0 aromatic heterocycles. The average molecular weight is 756 g/mol. The minimum atomic E-state index is -1.43. The van der Waals surface area contributed by atoms with Crippen LogP contribution in [0, 0.1) is 23.7 Å². The lowest BCUT2D eigenvalue weighted by Crippen LogP contribution is -2.53. The predicted octanol–water partition coefficient (Wildman–Crippen LogP) is 6.88. The molecule has 55 heavy (non-hydrogen) atoms. The van der Waals surface area contributed by atoms with Crippen molar-refractivity contribution in [2.45, 2.75) is 49.6 Å². The number of hydrogen-bond acceptors (Lipinski definition) is 7. The molecule has 1 saturated carbocycles. The third-order valence-corrected chi connectivity index (χ3v) is 13.1. The number of benzene rings is 4. The fourth-order valence-electron chi connectivity index (χ4n) is 10.6. The Balaban J connectivity index is 1.14. The van der Waals surface area contributed by atoms with Crippen LogP contribution in [-0.2, 0) is 31.1 Å². The summed E-state index contributed by atoms with van der Waals surface area (Å²) in [5.41, 5.74) is 2.31. The number of rotatable bonds is 7. The van der Waals surface area contributed by atoms with E-state index in [-0.39, 0.29) is 35.9 Å². The van der Waals surface area contributed by atoms with Crippen LogP contribution in [0.15, 0.2) is 115 Å². The standard InChI is InChI=1S/C45H42ClN3O6/c1-55-38-24-32(50)15-16-34(38)40-33-17-18-35-39(43(53)48(41(35)51)30-19-21-47(22-20-30)26-27-9-4-2-5-10-27)36(33)25-37-42(52)49(31-14-8-13-29(46)23-31)44(54)45(37,40)28-11-6-3-7-12-28/h2-17,23-24,30,35-37,39-40,50H,18-22,25-26H2,1H3/t35-,36+,37-,39-,40+,45+/m0/s1. The molecule has 0 unspecified atom stereocenters. The molecule has 6 atom stereocenters. The maximum Gasteiger partial charge on any atom is 0.246 e. The van der Waals surface area contributed by atoms with E-state index in [4.69, 9.17) is 16.3 Å². The number of imide groups is 2. The fraction of sp³-hybridized carbons (Fsp3) is 0.333. The topological polar surface area (TPSA) is 107 Å². The molecule has 0 spiro atoms. The highest BCUT2D eigenvalue weighted by atomic mass is 35.5. The molecule has 4 amide bonds. The highest BCUT2D eigenvalue weighted by Crippen LogP contribution is 2.65. The number of ether oxygens (including phenoxy) is 1. The number of allylic oxidation sites excluding steroid dienone is 2. The van der Waals surface area contributed by atoms with Crippen LogP contribution < -0.4 is 9.64 Å². The van der Waals surface area contributed by atoms with Crippen molar-refractivity contribution in [3.63, 3.8) is 0 Å². The molecule has 3 saturated heterocycles. The second-order valence-corrected chi connectivity index (χ2v) is 16.0. The SMILES string of the molecule is COc1cc(O)ccc1[C@H]1C2=CC[C@@H]3C(=O)N(C4CCN(Cc5ccccc5)CC4)C(=O)[C@@H]3[C@@H]2C[C@H]2C(=O)N(c3cccc(Cl)c3)C(=O)[C@@]12c1ccccc1. The maximum atomic E-state index is 15.5. The lowest BCUT2D eigenvalue weighted by atomic mass is 9.49. The molecule has 10 heteroatoms. The summed E-state index contributed by atoms with van der Waals surface area (Å²) in [5, 5.41) is 11.0. The molecule has 3 aliphatic heterocycles. The van der Waals surface area contributed by atoms with Gasteiger partial charge in [0.25, 0.3) is 0 Å². The van der Waals surface area contributed by atoms with Crippen LogP contribution in [0.1, 0.15) is 48.3 Å². The monoisotopic (exact) mass is 755 g/mol. The largest absolute Gasteiger partial charge is 0.508 e. The Morgan fingerprint density at radius 1 is 0.818 bits per heavy atom. The Morgan fingerprint density at radius 3 is 2.25 bits per heavy atom. The Kier molecular flexibility index (Phi) is 8.89. The quantitative estimate of drug-likeness (QED) is 0.162.